The highest BCUT2D eigenvalue weighted by Crippen LogP contribution is 2.23. The van der Waals surface area contributed by atoms with E-state index in [0.717, 1.165) is 0 Å². The summed E-state index contributed by atoms with van der Waals surface area (Å²) in [5, 5.41) is 22.2. The van der Waals surface area contributed by atoms with Crippen molar-refractivity contribution >= 4 is 71.0 Å². The summed E-state index contributed by atoms with van der Waals surface area (Å²) in [6.07, 6.45) is 1.82. The predicted octanol–water partition coefficient (Wildman–Crippen LogP) is -1.42. The van der Waals surface area contributed by atoms with Crippen LogP contribution >= 0.6 is 0 Å². The van der Waals surface area contributed by atoms with Gasteiger partial charge in [-0.2, -0.15) is 0 Å². The first-order valence-electron chi connectivity index (χ1n) is 29.1. The highest BCUT2D eigenvalue weighted by atomic mass is 16.2. The van der Waals surface area contributed by atoms with Crippen LogP contribution < -0.4 is 65.5 Å². The maximum atomic E-state index is 14.8. The lowest BCUT2D eigenvalue weighted by Gasteiger charge is -2.32. The molecule has 10 amide bonds. The minimum Gasteiger partial charge on any atom is -0.370 e. The van der Waals surface area contributed by atoms with Crippen molar-refractivity contribution in [2.24, 2.45) is 44.8 Å². The zero-order valence-electron chi connectivity index (χ0n) is 49.2. The van der Waals surface area contributed by atoms with Crippen molar-refractivity contribution in [2.45, 2.75) is 179 Å². The van der Waals surface area contributed by atoms with Crippen LogP contribution in [0.1, 0.15) is 117 Å². The summed E-state index contributed by atoms with van der Waals surface area (Å²) >= 11 is 0. The van der Waals surface area contributed by atoms with Crippen LogP contribution in [-0.2, 0) is 60.8 Å². The number of benzene rings is 2. The molecule has 26 heteroatoms. The van der Waals surface area contributed by atoms with Gasteiger partial charge in [-0.25, -0.2) is 0 Å². The molecule has 3 aliphatic heterocycles. The van der Waals surface area contributed by atoms with Crippen LogP contribution in [0.4, 0.5) is 0 Å². The summed E-state index contributed by atoms with van der Waals surface area (Å²) in [6, 6.07) is 5.57. The number of aliphatic imine (C=N–C) groups is 2. The number of nitrogens with zero attached hydrogens (tertiary/aromatic N) is 4. The van der Waals surface area contributed by atoms with E-state index >= 15 is 0 Å². The Morgan fingerprint density at radius 1 is 0.452 bits per heavy atom. The first kappa shape index (κ1) is 66.5. The Kier molecular flexibility index (Phi) is 25.7. The molecule has 0 saturated carbocycles. The van der Waals surface area contributed by atoms with Crippen LogP contribution in [0.25, 0.3) is 0 Å². The number of fused-ring (bicyclic) bond motifs is 2. The molecule has 460 valence electrons. The monoisotopic (exact) mass is 1170 g/mol. The van der Waals surface area contributed by atoms with Crippen LogP contribution in [0.15, 0.2) is 70.6 Å². The molecule has 16 N–H and O–H groups in total. The molecular formula is C58H88N16O10. The molecule has 84 heavy (non-hydrogen) atoms. The number of nitrogens with one attached hydrogen (secondary N) is 8. The van der Waals surface area contributed by atoms with Crippen LogP contribution in [0, 0.1) is 11.8 Å². The molecule has 5 rings (SSSR count). The number of rotatable bonds is 16. The van der Waals surface area contributed by atoms with Gasteiger partial charge in [0.15, 0.2) is 11.9 Å². The van der Waals surface area contributed by atoms with Crippen LogP contribution in [0.3, 0.4) is 0 Å². The van der Waals surface area contributed by atoms with E-state index in [1.807, 2.05) is 27.7 Å². The number of carbonyl (C=O) groups is 10. The lowest BCUT2D eigenvalue weighted by atomic mass is 9.99. The number of carbonyl (C=O) groups excluding carboxylic acids is 10. The van der Waals surface area contributed by atoms with Crippen LogP contribution in [0.2, 0.25) is 0 Å². The van der Waals surface area contributed by atoms with Crippen molar-refractivity contribution < 1.29 is 47.9 Å². The molecule has 3 heterocycles. The van der Waals surface area contributed by atoms with E-state index in [0.29, 0.717) is 24.0 Å². The van der Waals surface area contributed by atoms with Gasteiger partial charge in [-0.3, -0.25) is 57.9 Å². The maximum absolute atomic E-state index is 14.8. The van der Waals surface area contributed by atoms with Gasteiger partial charge < -0.3 is 75.3 Å². The van der Waals surface area contributed by atoms with Crippen molar-refractivity contribution in [3.63, 3.8) is 0 Å². The molecule has 0 spiro atoms. The third kappa shape index (κ3) is 20.5. The summed E-state index contributed by atoms with van der Waals surface area (Å²) in [4.78, 5) is 155. The summed E-state index contributed by atoms with van der Waals surface area (Å²) in [5.41, 5.74) is 23.7. The smallest absolute Gasteiger partial charge is 0.246 e. The molecule has 0 unspecified atom stereocenters. The van der Waals surface area contributed by atoms with Gasteiger partial charge >= 0.3 is 0 Å². The lowest BCUT2D eigenvalue weighted by molar-refractivity contribution is -0.143. The molecule has 2 aromatic rings. The molecule has 0 radical (unpaired) electrons. The topological polar surface area (TPSA) is 402 Å². The Morgan fingerprint density at radius 2 is 0.774 bits per heavy atom. The van der Waals surface area contributed by atoms with Crippen molar-refractivity contribution in [1.29, 1.82) is 0 Å². The first-order valence-corrected chi connectivity index (χ1v) is 29.1. The molecule has 10 atom stereocenters. The summed E-state index contributed by atoms with van der Waals surface area (Å²) in [5.74, 6) is -7.69. The number of hydrogen-bond donors (Lipinski definition) is 12. The largest absolute Gasteiger partial charge is 0.370 e. The Balaban J connectivity index is 1.56. The molecule has 3 aliphatic rings. The van der Waals surface area contributed by atoms with Gasteiger partial charge in [0.05, 0.1) is 0 Å². The van der Waals surface area contributed by atoms with Crippen molar-refractivity contribution in [3.8, 4) is 0 Å². The number of nitrogens with two attached hydrogens (primary N) is 4. The Morgan fingerprint density at radius 3 is 1.11 bits per heavy atom. The molecular weight excluding hydrogens is 1080 g/mol. The Bertz CT molecular complexity index is 2490. The highest BCUT2D eigenvalue weighted by molar-refractivity contribution is 6.00. The summed E-state index contributed by atoms with van der Waals surface area (Å²) in [7, 11) is 0. The zero-order valence-corrected chi connectivity index (χ0v) is 49.2. The van der Waals surface area contributed by atoms with E-state index in [4.69, 9.17) is 22.9 Å². The van der Waals surface area contributed by atoms with Gasteiger partial charge in [0.2, 0.25) is 59.1 Å². The Hall–Kier alpha value is -8.32. The third-order valence-corrected chi connectivity index (χ3v) is 14.8. The van der Waals surface area contributed by atoms with Gasteiger partial charge in [0.1, 0.15) is 60.4 Å². The molecule has 3 saturated heterocycles. The SMILES string of the molecule is CC(C)C[C@@H]1NC(=O)[C@H](CCCN=C(N)N)NC(=O)[C@H](C)NC(=O)[C@@H]2CCCN2C(=O)[C@@H](Cc2ccccc2)NC(=O)[C@H](CC(C)C)NC(=O)[C@H](CCCN=C(N)N)NC(=O)[C@H](C)NC(=O)[C@@H]2CCCN2C(=O)[C@@H](Cc2ccccc2)NC1=O. The van der Waals surface area contributed by atoms with E-state index in [1.54, 1.807) is 60.7 Å². The number of amides is 10. The molecule has 0 aliphatic carbocycles. The summed E-state index contributed by atoms with van der Waals surface area (Å²) in [6.45, 7) is 10.6. The van der Waals surface area contributed by atoms with Gasteiger partial charge in [-0.15, -0.1) is 0 Å². The van der Waals surface area contributed by atoms with Gasteiger partial charge in [0.25, 0.3) is 0 Å². The minimum absolute atomic E-state index is 0.00213. The average Bonchev–Trinajstić information content (AvgIpc) is 4.37. The third-order valence-electron chi connectivity index (χ3n) is 14.8. The van der Waals surface area contributed by atoms with Crippen LogP contribution in [0.5, 0.6) is 0 Å². The van der Waals surface area contributed by atoms with Crippen molar-refractivity contribution in [3.05, 3.63) is 71.8 Å². The van der Waals surface area contributed by atoms with E-state index in [-0.39, 0.29) is 114 Å². The second-order valence-electron chi connectivity index (χ2n) is 22.7. The van der Waals surface area contributed by atoms with Gasteiger partial charge in [-0.05, 0) is 101 Å². The van der Waals surface area contributed by atoms with Crippen molar-refractivity contribution in [1.82, 2.24) is 52.3 Å². The van der Waals surface area contributed by atoms with Gasteiger partial charge in [-0.1, -0.05) is 88.4 Å². The van der Waals surface area contributed by atoms with Crippen molar-refractivity contribution in [2.75, 3.05) is 26.2 Å². The fraction of sp³-hybridized carbons (Fsp3) is 0.586. The molecule has 0 bridgehead atoms. The number of hydrogen-bond acceptors (Lipinski definition) is 12. The molecule has 2 aromatic carbocycles. The predicted molar refractivity (Wildman–Crippen MR) is 315 cm³/mol. The van der Waals surface area contributed by atoms with E-state index < -0.39 is 119 Å². The average molecular weight is 1170 g/mol. The standard InChI is InChI=1S/C58H88N16O10/c1-33(2)29-41-51(79)71-43(31-37-17-9-7-10-18-37)55(83)73-27-15-23-45(73)53(81)66-36(6)48(76)68-40(22-14-26-64-58(61)62)50(78)70-42(30-34(3)4)52(80)72-44(32-38-19-11-8-12-20-38)56(84)74-28-16-24-46(74)54(82)65-35(5)47(75)67-39(49(77)69-41)21-13-25-63-57(59)60/h7-12,17-20,33-36,39-46H,13-16,21-32H2,1-6H3,(H,65,82)(H,66,81)(H,67,75)(H,68,76)(H,69,77)(H,70,78)(H,71,79)(H,72,80)(H4,59,60,63)(H4,61,62,64)/t35-,36-,39-,40-,41-,42-,43+,44+,45-,46-/m0/s1. The molecule has 26 nitrogen and oxygen atoms in total. The fourth-order valence-corrected chi connectivity index (χ4v) is 10.5. The molecule has 0 aromatic heterocycles. The Labute approximate surface area is 491 Å². The number of guanidine groups is 2. The normalized spacial score (nSPS) is 25.9. The van der Waals surface area contributed by atoms with Crippen LogP contribution in [-0.4, -0.2) is 167 Å². The summed E-state index contributed by atoms with van der Waals surface area (Å²) < 4.78 is 0. The maximum Gasteiger partial charge on any atom is 0.246 e. The minimum atomic E-state index is -1.29. The second-order valence-corrected chi connectivity index (χ2v) is 22.7. The fourth-order valence-electron chi connectivity index (χ4n) is 10.5. The quantitative estimate of drug-likeness (QED) is 0.0522. The molecule has 3 fully saturated rings. The zero-order chi connectivity index (χ0) is 61.6. The van der Waals surface area contributed by atoms with Gasteiger partial charge in [0, 0.05) is 39.0 Å². The highest BCUT2D eigenvalue weighted by Gasteiger charge is 2.42. The lowest BCUT2D eigenvalue weighted by Crippen LogP contribution is -2.61. The van der Waals surface area contributed by atoms with E-state index in [9.17, 15) is 47.9 Å². The van der Waals surface area contributed by atoms with E-state index in [1.165, 1.54) is 23.6 Å². The van der Waals surface area contributed by atoms with E-state index in [2.05, 4.69) is 52.5 Å². The second kappa shape index (κ2) is 32.5. The first-order chi connectivity index (χ1) is 39.9.